The lowest BCUT2D eigenvalue weighted by Crippen LogP contribution is -2.68. The van der Waals surface area contributed by atoms with Crippen LogP contribution in [0.25, 0.3) is 27.1 Å². The highest BCUT2D eigenvalue weighted by Gasteiger charge is 2.44. The Balaban J connectivity index is 0.000000789. The van der Waals surface area contributed by atoms with Gasteiger partial charge in [-0.05, 0) is 94.3 Å². The van der Waals surface area contributed by atoms with E-state index in [9.17, 15) is 0 Å². The van der Waals surface area contributed by atoms with Crippen LogP contribution in [-0.4, -0.2) is 24.4 Å². The van der Waals surface area contributed by atoms with Crippen LogP contribution in [0, 0.1) is 10.2 Å². The Morgan fingerprint density at radius 3 is 1.88 bits per heavy atom. The van der Waals surface area contributed by atoms with Gasteiger partial charge in [-0.2, -0.15) is 4.58 Å². The molecule has 0 atom stereocenters. The van der Waals surface area contributed by atoms with E-state index >= 15 is 0 Å². The maximum atomic E-state index is 8.49. The molecule has 0 bridgehead atoms. The van der Waals surface area contributed by atoms with Gasteiger partial charge in [-0.25, -0.2) is 18.6 Å². The fourth-order valence-corrected chi connectivity index (χ4v) is 8.78. The fourth-order valence-electron chi connectivity index (χ4n) is 8.78. The van der Waals surface area contributed by atoms with Crippen molar-refractivity contribution in [2.24, 2.45) is 0 Å². The summed E-state index contributed by atoms with van der Waals surface area (Å²) in [7, 11) is -0.497. The molecule has 5 aromatic carbocycles. The lowest BCUT2D eigenvalue weighted by Gasteiger charge is -2.24. The third-order valence-corrected chi connectivity index (χ3v) is 11.0. The Hall–Kier alpha value is -4.82. The van der Waals surface area contributed by atoms with Crippen LogP contribution in [0.4, 0.5) is 11.4 Å². The Morgan fingerprint density at radius 2 is 1.23 bits per heavy atom. The lowest BCUT2D eigenvalue weighted by atomic mass is 9.79. The molecule has 0 N–H and O–H groups in total. The zero-order chi connectivity index (χ0) is 37.0. The van der Waals surface area contributed by atoms with E-state index in [4.69, 9.17) is 18.6 Å². The first kappa shape index (κ1) is 35.6. The molecule has 1 aliphatic carbocycles. The van der Waals surface area contributed by atoms with E-state index in [0.717, 1.165) is 12.8 Å². The number of hydrogen-bond donors (Lipinski definition) is 0. The molecule has 2 aliphatic heterocycles. The van der Waals surface area contributed by atoms with E-state index in [0.29, 0.717) is 0 Å². The molecule has 8 rings (SSSR count). The lowest BCUT2D eigenvalue weighted by molar-refractivity contribution is -2.00. The van der Waals surface area contributed by atoms with Gasteiger partial charge in [0, 0.05) is 41.6 Å². The number of nitrogens with zero attached hydrogens (tertiary/aromatic N) is 2. The number of rotatable bonds is 4. The summed E-state index contributed by atoms with van der Waals surface area (Å²) in [4.78, 5) is 2.40. The molecule has 52 heavy (non-hydrogen) atoms. The van der Waals surface area contributed by atoms with Crippen LogP contribution in [0.3, 0.4) is 0 Å². The van der Waals surface area contributed by atoms with E-state index in [1.54, 1.807) is 0 Å². The number of likely N-dealkylation sites (N-methyl/N-ethyl adjacent to an activating group) is 1. The van der Waals surface area contributed by atoms with Gasteiger partial charge in [0.05, 0.1) is 5.41 Å². The monoisotopic (exact) mass is 710 g/mol. The minimum absolute atomic E-state index is 0.103. The Labute approximate surface area is 308 Å². The van der Waals surface area contributed by atoms with Crippen LogP contribution in [0.2, 0.25) is 0 Å². The van der Waals surface area contributed by atoms with E-state index in [1.807, 2.05) is 0 Å². The van der Waals surface area contributed by atoms with Crippen LogP contribution in [-0.2, 0) is 10.8 Å². The molecule has 0 saturated carbocycles. The number of halogens is 1. The van der Waals surface area contributed by atoms with Crippen LogP contribution in [0.1, 0.15) is 57.2 Å². The molecular formula is C45H43ClN2O4. The topological polar surface area (TPSA) is 98.5 Å². The molecule has 7 heteroatoms. The van der Waals surface area contributed by atoms with Gasteiger partial charge in [0.25, 0.3) is 0 Å². The molecule has 0 fully saturated rings. The number of benzene rings is 5. The quantitative estimate of drug-likeness (QED) is 0.205. The van der Waals surface area contributed by atoms with E-state index in [1.165, 1.54) is 77.7 Å². The summed E-state index contributed by atoms with van der Waals surface area (Å²) < 4.78 is 36.4. The zero-order valence-corrected chi connectivity index (χ0v) is 31.2. The van der Waals surface area contributed by atoms with Crippen molar-refractivity contribution in [3.63, 3.8) is 0 Å². The van der Waals surface area contributed by atoms with Crippen LogP contribution < -0.4 is 23.5 Å². The molecule has 0 saturated heterocycles. The molecule has 0 aromatic heterocycles. The van der Waals surface area contributed by atoms with E-state index < -0.39 is 10.2 Å². The predicted octanol–water partition coefficient (Wildman–Crippen LogP) is 6.28. The van der Waals surface area contributed by atoms with Crippen molar-refractivity contribution in [2.75, 3.05) is 19.0 Å². The van der Waals surface area contributed by atoms with Crippen molar-refractivity contribution < 1.29 is 33.5 Å². The Bertz CT molecular complexity index is 2370. The summed E-state index contributed by atoms with van der Waals surface area (Å²) in [5, 5.41) is 5.31. The van der Waals surface area contributed by atoms with Crippen molar-refractivity contribution in [1.29, 1.82) is 0 Å². The maximum absolute atomic E-state index is 8.49. The van der Waals surface area contributed by atoms with Crippen molar-refractivity contribution in [2.45, 2.75) is 51.4 Å². The Kier molecular flexibility index (Phi) is 9.10. The average Bonchev–Trinajstić information content (AvgIpc) is 3.67. The second-order valence-corrected chi connectivity index (χ2v) is 15.6. The van der Waals surface area contributed by atoms with E-state index in [-0.39, 0.29) is 10.8 Å². The van der Waals surface area contributed by atoms with Crippen LogP contribution in [0.5, 0.6) is 0 Å². The van der Waals surface area contributed by atoms with Gasteiger partial charge in [-0.3, -0.25) is 0 Å². The van der Waals surface area contributed by atoms with Crippen LogP contribution >= 0.6 is 0 Å². The van der Waals surface area contributed by atoms with Gasteiger partial charge in [-0.15, -0.1) is 10.2 Å². The standard InChI is InChI=1S/C45H43N2.ClHO4/c1-44(2)39(46(5)37-26-22-30-14-10-12-18-35(30)42(37)44)28-24-33-20-21-34(41(33)32-16-8-7-9-17-32)25-29-40-45(3,4)43-36-19-13-11-15-31(36)23-27-38(43)47(40)6;2-1(3,4)5/h7-19,22-29H,20-21H2,1-6H3;(H,2,3,4,5)/q+1;/p-1. The summed E-state index contributed by atoms with van der Waals surface area (Å²) in [6.45, 7) is 9.50. The minimum atomic E-state index is -4.94. The molecule has 0 radical (unpaired) electrons. The predicted molar refractivity (Wildman–Crippen MR) is 201 cm³/mol. The highest BCUT2D eigenvalue weighted by atomic mass is 35.7. The number of hydrogen-bond acceptors (Lipinski definition) is 5. The zero-order valence-electron chi connectivity index (χ0n) is 30.4. The molecule has 5 aromatic rings. The molecule has 264 valence electrons. The van der Waals surface area contributed by atoms with Crippen LogP contribution in [0.15, 0.2) is 144 Å². The highest BCUT2D eigenvalue weighted by Crippen LogP contribution is 2.50. The number of anilines is 1. The van der Waals surface area contributed by atoms with Crippen molar-refractivity contribution in [3.05, 3.63) is 161 Å². The van der Waals surface area contributed by atoms with Gasteiger partial charge in [-0.1, -0.05) is 111 Å². The first-order chi connectivity index (χ1) is 24.7. The SMILES string of the molecule is CN1/C(=C\C=C2/CCC(/C=C/C3=[N+](C)c4ccc5ccccc5c4C3(C)C)=C2c2ccccc2)C(C)(C)c2c1ccc1ccccc21.[O-][Cl+3]([O-])([O-])[O-]. The van der Waals surface area contributed by atoms with Gasteiger partial charge in [0.15, 0.2) is 5.71 Å². The second-order valence-electron chi connectivity index (χ2n) is 14.8. The highest BCUT2D eigenvalue weighted by molar-refractivity contribution is 6.08. The second kappa shape index (κ2) is 13.3. The molecular weight excluding hydrogens is 668 g/mol. The van der Waals surface area contributed by atoms with Crippen molar-refractivity contribution >= 4 is 44.2 Å². The normalized spacial score (nSPS) is 19.3. The summed E-state index contributed by atoms with van der Waals surface area (Å²) in [6.07, 6.45) is 11.7. The molecule has 0 spiro atoms. The van der Waals surface area contributed by atoms with Crippen molar-refractivity contribution in [3.8, 4) is 0 Å². The minimum Gasteiger partial charge on any atom is -0.347 e. The van der Waals surface area contributed by atoms with Gasteiger partial charge in [0.1, 0.15) is 7.05 Å². The molecule has 6 nitrogen and oxygen atoms in total. The first-order valence-corrected chi connectivity index (χ1v) is 18.8. The molecule has 2 heterocycles. The molecule has 0 unspecified atom stereocenters. The smallest absolute Gasteiger partial charge is 0.210 e. The first-order valence-electron chi connectivity index (χ1n) is 17.6. The third kappa shape index (κ3) is 6.31. The average molecular weight is 711 g/mol. The van der Waals surface area contributed by atoms with Crippen molar-refractivity contribution in [1.82, 2.24) is 0 Å². The number of allylic oxidation sites excluding steroid dienone is 8. The summed E-state index contributed by atoms with van der Waals surface area (Å²) in [5.41, 5.74) is 13.4. The largest absolute Gasteiger partial charge is 0.347 e. The van der Waals surface area contributed by atoms with E-state index in [2.05, 4.69) is 179 Å². The summed E-state index contributed by atoms with van der Waals surface area (Å²) >= 11 is 0. The van der Waals surface area contributed by atoms with Gasteiger partial charge in [0.2, 0.25) is 5.69 Å². The summed E-state index contributed by atoms with van der Waals surface area (Å²) in [6, 6.07) is 37.7. The van der Waals surface area contributed by atoms with Gasteiger partial charge >= 0.3 is 0 Å². The third-order valence-electron chi connectivity index (χ3n) is 11.0. The molecule has 0 amide bonds. The fraction of sp³-hybridized carbons (Fsp3) is 0.222. The number of fused-ring (bicyclic) bond motifs is 6. The van der Waals surface area contributed by atoms with Gasteiger partial charge < -0.3 is 4.90 Å². The Morgan fingerprint density at radius 1 is 0.654 bits per heavy atom. The summed E-state index contributed by atoms with van der Waals surface area (Å²) in [5.74, 6) is 0. The maximum Gasteiger partial charge on any atom is 0.210 e. The molecule has 3 aliphatic rings.